The number of ether oxygens (including phenoxy) is 2. The first kappa shape index (κ1) is 25.6. The van der Waals surface area contributed by atoms with Gasteiger partial charge in [0.05, 0.1) is 19.3 Å². The summed E-state index contributed by atoms with van der Waals surface area (Å²) in [6, 6.07) is 11.8. The van der Waals surface area contributed by atoms with Crippen molar-refractivity contribution in [2.45, 2.75) is 38.5 Å². The molecule has 0 aromatic heterocycles. The Balaban J connectivity index is 1.59. The number of hydrogen-bond donors (Lipinski definition) is 1. The topological polar surface area (TPSA) is 88.2 Å². The Hall–Kier alpha value is -3.46. The van der Waals surface area contributed by atoms with Crippen LogP contribution in [0.15, 0.2) is 48.5 Å². The van der Waals surface area contributed by atoms with Crippen LogP contribution in [0, 0.1) is 11.7 Å². The quantitative estimate of drug-likeness (QED) is 0.663. The number of amides is 3. The highest BCUT2D eigenvalue weighted by molar-refractivity contribution is 5.99. The fourth-order valence-corrected chi connectivity index (χ4v) is 4.75. The second kappa shape index (κ2) is 10.7. The van der Waals surface area contributed by atoms with Crippen LogP contribution in [0.2, 0.25) is 0 Å². The second-order valence-corrected chi connectivity index (χ2v) is 9.59. The van der Waals surface area contributed by atoms with E-state index < -0.39 is 23.5 Å². The van der Waals surface area contributed by atoms with E-state index in [2.05, 4.69) is 5.32 Å². The van der Waals surface area contributed by atoms with Gasteiger partial charge in [0.2, 0.25) is 5.91 Å². The SMILES string of the molecule is COc1cccc(C(=O)N2[C@H](C(=O)NCC(C)C)COC23CCN(C(=O)c2ccccc2F)CC3)c1. The second-order valence-electron chi connectivity index (χ2n) is 9.59. The van der Waals surface area contributed by atoms with E-state index in [9.17, 15) is 18.8 Å². The summed E-state index contributed by atoms with van der Waals surface area (Å²) < 4.78 is 25.7. The van der Waals surface area contributed by atoms with Gasteiger partial charge in [0, 0.05) is 38.0 Å². The van der Waals surface area contributed by atoms with E-state index in [0.717, 1.165) is 0 Å². The van der Waals surface area contributed by atoms with E-state index in [1.54, 1.807) is 35.2 Å². The Bertz CT molecular complexity index is 1130. The standard InChI is InChI=1S/C27H32FN3O5/c1-18(2)16-29-24(32)23-17-36-27(31(23)25(33)19-7-6-8-20(15-19)35-3)11-13-30(14-12-27)26(34)21-9-4-5-10-22(21)28/h4-10,15,18,23H,11-14,16-17H2,1-3H3,(H,29,32)/t23-/m0/s1. The molecule has 2 fully saturated rings. The monoisotopic (exact) mass is 497 g/mol. The molecule has 1 N–H and O–H groups in total. The molecular weight excluding hydrogens is 465 g/mol. The molecule has 2 aromatic carbocycles. The van der Waals surface area contributed by atoms with E-state index in [1.807, 2.05) is 13.8 Å². The molecule has 9 heteroatoms. The van der Waals surface area contributed by atoms with Gasteiger partial charge in [0.15, 0.2) is 0 Å². The number of nitrogens with zero attached hydrogens (tertiary/aromatic N) is 2. The Labute approximate surface area is 210 Å². The number of rotatable bonds is 6. The molecule has 36 heavy (non-hydrogen) atoms. The van der Waals surface area contributed by atoms with Crippen LogP contribution >= 0.6 is 0 Å². The van der Waals surface area contributed by atoms with E-state index in [0.29, 0.717) is 30.7 Å². The van der Waals surface area contributed by atoms with Gasteiger partial charge in [-0.3, -0.25) is 19.3 Å². The van der Waals surface area contributed by atoms with Gasteiger partial charge < -0.3 is 19.7 Å². The van der Waals surface area contributed by atoms with Crippen molar-refractivity contribution in [1.29, 1.82) is 0 Å². The minimum absolute atomic E-state index is 0.0102. The van der Waals surface area contributed by atoms with Crippen LogP contribution in [0.3, 0.4) is 0 Å². The number of halogens is 1. The number of likely N-dealkylation sites (tertiary alicyclic amines) is 1. The molecule has 3 amide bonds. The molecule has 4 rings (SSSR count). The van der Waals surface area contributed by atoms with E-state index in [4.69, 9.17) is 9.47 Å². The van der Waals surface area contributed by atoms with Gasteiger partial charge in [-0.15, -0.1) is 0 Å². The van der Waals surface area contributed by atoms with Crippen molar-refractivity contribution >= 4 is 17.7 Å². The summed E-state index contributed by atoms with van der Waals surface area (Å²) >= 11 is 0. The average Bonchev–Trinajstić information content (AvgIpc) is 3.25. The van der Waals surface area contributed by atoms with E-state index in [-0.39, 0.29) is 43.0 Å². The van der Waals surface area contributed by atoms with Crippen LogP contribution in [0.4, 0.5) is 4.39 Å². The smallest absolute Gasteiger partial charge is 0.257 e. The normalized spacial score (nSPS) is 19.0. The van der Waals surface area contributed by atoms with Crippen LogP contribution in [0.25, 0.3) is 0 Å². The van der Waals surface area contributed by atoms with Crippen LogP contribution in [0.5, 0.6) is 5.75 Å². The summed E-state index contributed by atoms with van der Waals surface area (Å²) in [4.78, 5) is 43.0. The molecule has 0 saturated carbocycles. The van der Waals surface area contributed by atoms with Gasteiger partial charge in [0.25, 0.3) is 11.8 Å². The zero-order valence-corrected chi connectivity index (χ0v) is 20.8. The number of hydrogen-bond acceptors (Lipinski definition) is 5. The first-order chi connectivity index (χ1) is 17.3. The Morgan fingerprint density at radius 2 is 1.83 bits per heavy atom. The van der Waals surface area contributed by atoms with Crippen LogP contribution in [-0.2, 0) is 9.53 Å². The third-order valence-electron chi connectivity index (χ3n) is 6.72. The summed E-state index contributed by atoms with van der Waals surface area (Å²) in [6.07, 6.45) is 0.605. The van der Waals surface area contributed by atoms with Crippen molar-refractivity contribution in [3.63, 3.8) is 0 Å². The first-order valence-corrected chi connectivity index (χ1v) is 12.2. The maximum atomic E-state index is 14.2. The van der Waals surface area contributed by atoms with Gasteiger partial charge in [-0.2, -0.15) is 0 Å². The maximum absolute atomic E-state index is 14.2. The van der Waals surface area contributed by atoms with Gasteiger partial charge in [-0.05, 0) is 36.2 Å². The van der Waals surface area contributed by atoms with Crippen molar-refractivity contribution in [3.05, 3.63) is 65.5 Å². The largest absolute Gasteiger partial charge is 0.497 e. The van der Waals surface area contributed by atoms with Gasteiger partial charge in [0.1, 0.15) is 23.3 Å². The van der Waals surface area contributed by atoms with Gasteiger partial charge in [-0.1, -0.05) is 32.0 Å². The molecule has 8 nitrogen and oxygen atoms in total. The van der Waals surface area contributed by atoms with Crippen molar-refractivity contribution in [2.24, 2.45) is 5.92 Å². The van der Waals surface area contributed by atoms with Crippen LogP contribution in [-0.4, -0.2) is 72.6 Å². The third kappa shape index (κ3) is 5.06. The molecular formula is C27H32FN3O5. The van der Waals surface area contributed by atoms with E-state index in [1.165, 1.54) is 30.2 Å². The Kier molecular flexibility index (Phi) is 7.59. The predicted octanol–water partition coefficient (Wildman–Crippen LogP) is 3.08. The fraction of sp³-hybridized carbons (Fsp3) is 0.444. The average molecular weight is 498 g/mol. The molecule has 1 atom stereocenters. The molecule has 2 aliphatic heterocycles. The van der Waals surface area contributed by atoms with Crippen LogP contribution < -0.4 is 10.1 Å². The lowest BCUT2D eigenvalue weighted by molar-refractivity contribution is -0.128. The maximum Gasteiger partial charge on any atom is 0.257 e. The molecule has 1 spiro atoms. The lowest BCUT2D eigenvalue weighted by Gasteiger charge is -2.44. The summed E-state index contributed by atoms with van der Waals surface area (Å²) in [5.74, 6) is -0.817. The molecule has 0 bridgehead atoms. The number of methoxy groups -OCH3 is 1. The number of nitrogens with one attached hydrogen (secondary N) is 1. The third-order valence-corrected chi connectivity index (χ3v) is 6.72. The zero-order valence-electron chi connectivity index (χ0n) is 20.8. The van der Waals surface area contributed by atoms with Gasteiger partial charge in [-0.25, -0.2) is 4.39 Å². The molecule has 2 saturated heterocycles. The summed E-state index contributed by atoms with van der Waals surface area (Å²) in [7, 11) is 1.52. The van der Waals surface area contributed by atoms with Gasteiger partial charge >= 0.3 is 0 Å². The molecule has 2 heterocycles. The van der Waals surface area contributed by atoms with Crippen LogP contribution in [0.1, 0.15) is 47.4 Å². The first-order valence-electron chi connectivity index (χ1n) is 12.2. The summed E-state index contributed by atoms with van der Waals surface area (Å²) in [5, 5.41) is 2.92. The van der Waals surface area contributed by atoms with Crippen molar-refractivity contribution < 1.29 is 28.2 Å². The zero-order chi connectivity index (χ0) is 25.9. The minimum atomic E-state index is -1.05. The van der Waals surface area contributed by atoms with Crippen molar-refractivity contribution in [1.82, 2.24) is 15.1 Å². The minimum Gasteiger partial charge on any atom is -0.497 e. The molecule has 192 valence electrons. The Morgan fingerprint density at radius 1 is 1.11 bits per heavy atom. The van der Waals surface area contributed by atoms with Crippen molar-refractivity contribution in [2.75, 3.05) is 33.4 Å². The van der Waals surface area contributed by atoms with Crippen molar-refractivity contribution in [3.8, 4) is 5.75 Å². The highest BCUT2D eigenvalue weighted by Gasteiger charge is 2.54. The van der Waals surface area contributed by atoms with E-state index >= 15 is 0 Å². The lowest BCUT2D eigenvalue weighted by Crippen LogP contribution is -2.60. The highest BCUT2D eigenvalue weighted by atomic mass is 19.1. The number of piperidine rings is 1. The Morgan fingerprint density at radius 3 is 2.50 bits per heavy atom. The molecule has 0 radical (unpaired) electrons. The highest BCUT2D eigenvalue weighted by Crippen LogP contribution is 2.39. The predicted molar refractivity (Wildman–Crippen MR) is 131 cm³/mol. The molecule has 2 aliphatic rings. The number of carbonyl (C=O) groups excluding carboxylic acids is 3. The number of carbonyl (C=O) groups is 3. The number of benzene rings is 2. The summed E-state index contributed by atoms with van der Waals surface area (Å²) in [5.41, 5.74) is -0.659. The molecule has 0 unspecified atom stereocenters. The molecule has 0 aliphatic carbocycles. The lowest BCUT2D eigenvalue weighted by atomic mass is 9.96. The molecule has 2 aromatic rings. The fourth-order valence-electron chi connectivity index (χ4n) is 4.75. The summed E-state index contributed by atoms with van der Waals surface area (Å²) in [6.45, 7) is 5.04.